The first kappa shape index (κ1) is 14.2. The van der Waals surface area contributed by atoms with Gasteiger partial charge >= 0.3 is 0 Å². The number of rotatable bonds is 6. The standard InChI is InChI=1S/C15H24N2O2/c1-12-4-5-14(15(10-12)19-9-8-18-3)16-13-6-7-17(2)11-13/h4-5,10,13,16H,6-9,11H2,1-3H3. The summed E-state index contributed by atoms with van der Waals surface area (Å²) < 4.78 is 10.8. The number of hydrogen-bond acceptors (Lipinski definition) is 4. The van der Waals surface area contributed by atoms with Crippen LogP contribution in [0.1, 0.15) is 12.0 Å². The fourth-order valence-corrected chi connectivity index (χ4v) is 2.38. The van der Waals surface area contributed by atoms with E-state index in [1.165, 1.54) is 12.0 Å². The van der Waals surface area contributed by atoms with E-state index in [0.29, 0.717) is 19.3 Å². The molecule has 0 amide bonds. The molecule has 1 aliphatic rings. The van der Waals surface area contributed by atoms with Crippen LogP contribution < -0.4 is 10.1 Å². The zero-order valence-electron chi connectivity index (χ0n) is 12.1. The average Bonchev–Trinajstić information content (AvgIpc) is 2.78. The van der Waals surface area contributed by atoms with E-state index in [1.54, 1.807) is 7.11 Å². The largest absolute Gasteiger partial charge is 0.489 e. The second-order valence-electron chi connectivity index (χ2n) is 5.23. The zero-order chi connectivity index (χ0) is 13.7. The third-order valence-corrected chi connectivity index (χ3v) is 3.43. The number of likely N-dealkylation sites (N-methyl/N-ethyl adjacent to an activating group) is 1. The normalized spacial score (nSPS) is 19.6. The second kappa shape index (κ2) is 6.78. The maximum atomic E-state index is 5.79. The molecule has 0 spiro atoms. The van der Waals surface area contributed by atoms with Crippen molar-refractivity contribution in [2.75, 3.05) is 45.8 Å². The molecule has 2 rings (SSSR count). The van der Waals surface area contributed by atoms with E-state index in [-0.39, 0.29) is 0 Å². The summed E-state index contributed by atoms with van der Waals surface area (Å²) in [5.41, 5.74) is 2.29. The Morgan fingerprint density at radius 2 is 2.21 bits per heavy atom. The highest BCUT2D eigenvalue weighted by Gasteiger charge is 2.20. The molecule has 1 saturated heterocycles. The summed E-state index contributed by atoms with van der Waals surface area (Å²) in [5.74, 6) is 0.923. The van der Waals surface area contributed by atoms with E-state index < -0.39 is 0 Å². The Morgan fingerprint density at radius 3 is 2.89 bits per heavy atom. The Bertz CT molecular complexity index is 409. The molecule has 4 heteroatoms. The van der Waals surface area contributed by atoms with E-state index in [2.05, 4.69) is 42.4 Å². The quantitative estimate of drug-likeness (QED) is 0.798. The number of hydrogen-bond donors (Lipinski definition) is 1. The van der Waals surface area contributed by atoms with E-state index in [9.17, 15) is 0 Å². The minimum Gasteiger partial charge on any atom is -0.489 e. The first-order valence-electron chi connectivity index (χ1n) is 6.86. The SMILES string of the molecule is COCCOc1cc(C)ccc1NC1CCN(C)C1. The molecule has 19 heavy (non-hydrogen) atoms. The molecule has 1 aromatic rings. The van der Waals surface area contributed by atoms with Gasteiger partial charge in [-0.3, -0.25) is 0 Å². The van der Waals surface area contributed by atoms with E-state index in [0.717, 1.165) is 24.5 Å². The van der Waals surface area contributed by atoms with Gasteiger partial charge in [0.15, 0.2) is 0 Å². The predicted molar refractivity (Wildman–Crippen MR) is 78.1 cm³/mol. The Labute approximate surface area is 115 Å². The smallest absolute Gasteiger partial charge is 0.142 e. The summed E-state index contributed by atoms with van der Waals surface area (Å²) in [5, 5.41) is 3.59. The Kier molecular flexibility index (Phi) is 5.05. The van der Waals surface area contributed by atoms with Crippen LogP contribution in [-0.2, 0) is 4.74 Å². The van der Waals surface area contributed by atoms with Crippen molar-refractivity contribution in [2.24, 2.45) is 0 Å². The lowest BCUT2D eigenvalue weighted by Crippen LogP contribution is -2.23. The lowest BCUT2D eigenvalue weighted by molar-refractivity contribution is 0.146. The van der Waals surface area contributed by atoms with Crippen molar-refractivity contribution >= 4 is 5.69 Å². The summed E-state index contributed by atoms with van der Waals surface area (Å²) in [6, 6.07) is 6.81. The predicted octanol–water partition coefficient (Wildman–Crippen LogP) is 2.14. The van der Waals surface area contributed by atoms with Crippen LogP contribution in [0.3, 0.4) is 0 Å². The van der Waals surface area contributed by atoms with E-state index >= 15 is 0 Å². The Morgan fingerprint density at radius 1 is 1.37 bits per heavy atom. The van der Waals surface area contributed by atoms with Gasteiger partial charge in [-0.15, -0.1) is 0 Å². The molecule has 0 radical (unpaired) electrons. The summed E-state index contributed by atoms with van der Waals surface area (Å²) >= 11 is 0. The van der Waals surface area contributed by atoms with Gasteiger partial charge in [0.2, 0.25) is 0 Å². The van der Waals surface area contributed by atoms with Crippen LogP contribution in [0, 0.1) is 6.92 Å². The van der Waals surface area contributed by atoms with Gasteiger partial charge in [-0.25, -0.2) is 0 Å². The first-order valence-corrected chi connectivity index (χ1v) is 6.86. The molecule has 0 aromatic heterocycles. The zero-order valence-corrected chi connectivity index (χ0v) is 12.1. The van der Waals surface area contributed by atoms with Gasteiger partial charge in [0.1, 0.15) is 12.4 Å². The Balaban J connectivity index is 2.01. The van der Waals surface area contributed by atoms with Crippen LogP contribution in [0.5, 0.6) is 5.75 Å². The Hall–Kier alpha value is -1.26. The molecule has 1 N–H and O–H groups in total. The summed E-state index contributed by atoms with van der Waals surface area (Å²) in [6.45, 7) is 5.52. The second-order valence-corrected chi connectivity index (χ2v) is 5.23. The van der Waals surface area contributed by atoms with Crippen LogP contribution >= 0.6 is 0 Å². The minimum atomic E-state index is 0.512. The van der Waals surface area contributed by atoms with Crippen molar-refractivity contribution < 1.29 is 9.47 Å². The average molecular weight is 264 g/mol. The molecule has 4 nitrogen and oxygen atoms in total. The number of anilines is 1. The van der Waals surface area contributed by atoms with Gasteiger partial charge in [0.05, 0.1) is 12.3 Å². The number of benzene rings is 1. The molecule has 1 unspecified atom stereocenters. The van der Waals surface area contributed by atoms with Crippen LogP contribution in [0.4, 0.5) is 5.69 Å². The highest BCUT2D eigenvalue weighted by atomic mass is 16.5. The van der Waals surface area contributed by atoms with Crippen LogP contribution in [-0.4, -0.2) is 51.4 Å². The van der Waals surface area contributed by atoms with E-state index in [4.69, 9.17) is 9.47 Å². The van der Waals surface area contributed by atoms with Crippen LogP contribution in [0.15, 0.2) is 18.2 Å². The molecule has 0 bridgehead atoms. The number of aryl methyl sites for hydroxylation is 1. The highest BCUT2D eigenvalue weighted by molar-refractivity contribution is 5.58. The lowest BCUT2D eigenvalue weighted by Gasteiger charge is -2.18. The third-order valence-electron chi connectivity index (χ3n) is 3.43. The maximum absolute atomic E-state index is 5.79. The highest BCUT2D eigenvalue weighted by Crippen LogP contribution is 2.27. The summed E-state index contributed by atoms with van der Waals surface area (Å²) in [7, 11) is 3.85. The number of ether oxygens (including phenoxy) is 2. The molecular formula is C15H24N2O2. The van der Waals surface area contributed by atoms with Gasteiger partial charge in [-0.1, -0.05) is 6.07 Å². The van der Waals surface area contributed by atoms with Crippen molar-refractivity contribution in [3.63, 3.8) is 0 Å². The fraction of sp³-hybridized carbons (Fsp3) is 0.600. The molecule has 1 heterocycles. The molecule has 0 aliphatic carbocycles. The van der Waals surface area contributed by atoms with Crippen molar-refractivity contribution in [1.82, 2.24) is 4.90 Å². The number of nitrogens with zero attached hydrogens (tertiary/aromatic N) is 1. The molecule has 106 valence electrons. The van der Waals surface area contributed by atoms with Crippen molar-refractivity contribution in [2.45, 2.75) is 19.4 Å². The van der Waals surface area contributed by atoms with Gasteiger partial charge in [0.25, 0.3) is 0 Å². The maximum Gasteiger partial charge on any atom is 0.142 e. The van der Waals surface area contributed by atoms with Crippen LogP contribution in [0.2, 0.25) is 0 Å². The van der Waals surface area contributed by atoms with E-state index in [1.807, 2.05) is 0 Å². The summed E-state index contributed by atoms with van der Waals surface area (Å²) in [6.07, 6.45) is 1.18. The van der Waals surface area contributed by atoms with Gasteiger partial charge in [-0.2, -0.15) is 0 Å². The van der Waals surface area contributed by atoms with Crippen LogP contribution in [0.25, 0.3) is 0 Å². The molecule has 0 saturated carbocycles. The number of nitrogens with one attached hydrogen (secondary N) is 1. The number of likely N-dealkylation sites (tertiary alicyclic amines) is 1. The summed E-state index contributed by atoms with van der Waals surface area (Å²) in [4.78, 5) is 2.34. The van der Waals surface area contributed by atoms with Gasteiger partial charge in [0, 0.05) is 19.7 Å². The third kappa shape index (κ3) is 4.11. The van der Waals surface area contributed by atoms with Crippen molar-refractivity contribution in [3.8, 4) is 5.75 Å². The molecule has 1 aromatic carbocycles. The van der Waals surface area contributed by atoms with Gasteiger partial charge in [-0.05, 0) is 44.6 Å². The molecule has 1 atom stereocenters. The number of methoxy groups -OCH3 is 1. The topological polar surface area (TPSA) is 33.7 Å². The monoisotopic (exact) mass is 264 g/mol. The lowest BCUT2D eigenvalue weighted by atomic mass is 10.2. The van der Waals surface area contributed by atoms with Crippen molar-refractivity contribution in [1.29, 1.82) is 0 Å². The fourth-order valence-electron chi connectivity index (χ4n) is 2.38. The van der Waals surface area contributed by atoms with Gasteiger partial charge < -0.3 is 19.7 Å². The molecule has 1 aliphatic heterocycles. The molecule has 1 fully saturated rings. The first-order chi connectivity index (χ1) is 9.19. The van der Waals surface area contributed by atoms with Crippen molar-refractivity contribution in [3.05, 3.63) is 23.8 Å². The molecular weight excluding hydrogens is 240 g/mol. The minimum absolute atomic E-state index is 0.512.